The molecule has 2 aromatic carbocycles. The van der Waals surface area contributed by atoms with E-state index in [4.69, 9.17) is 10.5 Å². The van der Waals surface area contributed by atoms with E-state index in [0.717, 1.165) is 11.1 Å². The van der Waals surface area contributed by atoms with Gasteiger partial charge in [0.1, 0.15) is 0 Å². The highest BCUT2D eigenvalue weighted by atomic mass is 19.1. The van der Waals surface area contributed by atoms with Crippen LogP contribution in [0.2, 0.25) is 0 Å². The normalized spacial score (nSPS) is 11.8. The number of nitrogens with two attached hydrogens (primary N) is 1. The lowest BCUT2D eigenvalue weighted by Crippen LogP contribution is -2.29. The van der Waals surface area contributed by atoms with Crippen molar-refractivity contribution in [3.8, 4) is 5.75 Å². The molecule has 0 aliphatic carbocycles. The van der Waals surface area contributed by atoms with Crippen LogP contribution in [0.15, 0.2) is 48.5 Å². The molecule has 0 radical (unpaired) electrons. The molecule has 0 fully saturated rings. The van der Waals surface area contributed by atoms with Gasteiger partial charge in [0.05, 0.1) is 7.11 Å². The van der Waals surface area contributed by atoms with Gasteiger partial charge in [-0.15, -0.1) is 0 Å². The van der Waals surface area contributed by atoms with Gasteiger partial charge in [-0.2, -0.15) is 0 Å². The van der Waals surface area contributed by atoms with Crippen molar-refractivity contribution in [2.45, 2.75) is 18.9 Å². The molecule has 0 spiro atoms. The van der Waals surface area contributed by atoms with Crippen LogP contribution >= 0.6 is 0 Å². The Morgan fingerprint density at radius 1 is 1.26 bits per heavy atom. The van der Waals surface area contributed by atoms with Crippen LogP contribution in [0.1, 0.15) is 23.6 Å². The predicted octanol–water partition coefficient (Wildman–Crippen LogP) is 2.58. The van der Waals surface area contributed by atoms with Gasteiger partial charge in [0.25, 0.3) is 0 Å². The molecule has 0 heterocycles. The zero-order chi connectivity index (χ0) is 16.7. The fourth-order valence-corrected chi connectivity index (χ4v) is 2.30. The van der Waals surface area contributed by atoms with Gasteiger partial charge in [-0.3, -0.25) is 4.79 Å². The van der Waals surface area contributed by atoms with Crippen LogP contribution in [0.5, 0.6) is 5.75 Å². The monoisotopic (exact) mass is 316 g/mol. The minimum atomic E-state index is -0.401. The first-order chi connectivity index (χ1) is 11.1. The Morgan fingerprint density at radius 2 is 2.00 bits per heavy atom. The van der Waals surface area contributed by atoms with E-state index in [2.05, 4.69) is 5.32 Å². The van der Waals surface area contributed by atoms with E-state index < -0.39 is 5.82 Å². The van der Waals surface area contributed by atoms with Crippen LogP contribution < -0.4 is 15.8 Å². The molecule has 23 heavy (non-hydrogen) atoms. The molecule has 0 saturated carbocycles. The molecule has 5 heteroatoms. The molecule has 122 valence electrons. The van der Waals surface area contributed by atoms with Crippen molar-refractivity contribution in [3.63, 3.8) is 0 Å². The van der Waals surface area contributed by atoms with Gasteiger partial charge in [-0.05, 0) is 29.7 Å². The molecule has 3 N–H and O–H groups in total. The van der Waals surface area contributed by atoms with E-state index in [1.807, 2.05) is 30.3 Å². The van der Waals surface area contributed by atoms with Crippen LogP contribution in [0.3, 0.4) is 0 Å². The number of ether oxygens (including phenoxy) is 1. The van der Waals surface area contributed by atoms with Crippen molar-refractivity contribution >= 4 is 5.91 Å². The zero-order valence-corrected chi connectivity index (χ0v) is 13.1. The SMILES string of the molecule is COc1ccc(CCNC(=O)CC(N)c2ccccc2)cc1F. The number of rotatable bonds is 7. The molecule has 0 bridgehead atoms. The summed E-state index contributed by atoms with van der Waals surface area (Å²) in [4.78, 5) is 11.9. The number of carbonyl (C=O) groups is 1. The summed E-state index contributed by atoms with van der Waals surface area (Å²) in [6.07, 6.45) is 0.772. The number of hydrogen-bond donors (Lipinski definition) is 2. The summed E-state index contributed by atoms with van der Waals surface area (Å²) in [5.74, 6) is -0.301. The van der Waals surface area contributed by atoms with Crippen LogP contribution in [-0.4, -0.2) is 19.6 Å². The third kappa shape index (κ3) is 5.07. The highest BCUT2D eigenvalue weighted by Gasteiger charge is 2.11. The lowest BCUT2D eigenvalue weighted by Gasteiger charge is -2.12. The summed E-state index contributed by atoms with van der Waals surface area (Å²) in [6.45, 7) is 0.437. The molecule has 1 unspecified atom stereocenters. The quantitative estimate of drug-likeness (QED) is 0.825. The number of nitrogens with one attached hydrogen (secondary N) is 1. The van der Waals surface area contributed by atoms with Crippen LogP contribution in [0, 0.1) is 5.82 Å². The second kappa shape index (κ2) is 8.29. The maximum Gasteiger partial charge on any atom is 0.221 e. The minimum absolute atomic E-state index is 0.115. The summed E-state index contributed by atoms with van der Waals surface area (Å²) in [6, 6.07) is 14.0. The lowest BCUT2D eigenvalue weighted by atomic mass is 10.0. The summed E-state index contributed by atoms with van der Waals surface area (Å²) in [5, 5.41) is 2.81. The summed E-state index contributed by atoms with van der Waals surface area (Å²) in [5.41, 5.74) is 7.74. The van der Waals surface area contributed by atoms with Crippen molar-refractivity contribution < 1.29 is 13.9 Å². The molecule has 1 amide bonds. The van der Waals surface area contributed by atoms with Crippen molar-refractivity contribution in [3.05, 3.63) is 65.5 Å². The molecule has 1 atom stereocenters. The largest absolute Gasteiger partial charge is 0.494 e. The molecule has 0 saturated heterocycles. The second-order valence-corrected chi connectivity index (χ2v) is 5.29. The first-order valence-electron chi connectivity index (χ1n) is 7.50. The van der Waals surface area contributed by atoms with Gasteiger partial charge in [0.2, 0.25) is 5.91 Å². The minimum Gasteiger partial charge on any atom is -0.494 e. The van der Waals surface area contributed by atoms with Gasteiger partial charge < -0.3 is 15.8 Å². The van der Waals surface area contributed by atoms with E-state index >= 15 is 0 Å². The lowest BCUT2D eigenvalue weighted by molar-refractivity contribution is -0.121. The van der Waals surface area contributed by atoms with Gasteiger partial charge >= 0.3 is 0 Å². The van der Waals surface area contributed by atoms with Crippen LogP contribution in [0.4, 0.5) is 4.39 Å². The second-order valence-electron chi connectivity index (χ2n) is 5.29. The Morgan fingerprint density at radius 3 is 2.65 bits per heavy atom. The third-order valence-electron chi connectivity index (χ3n) is 3.59. The first-order valence-corrected chi connectivity index (χ1v) is 7.50. The molecule has 2 rings (SSSR count). The van der Waals surface area contributed by atoms with E-state index in [0.29, 0.717) is 13.0 Å². The van der Waals surface area contributed by atoms with Gasteiger partial charge in [0, 0.05) is 19.0 Å². The van der Waals surface area contributed by atoms with Gasteiger partial charge in [-0.1, -0.05) is 36.4 Å². The molecule has 0 aliphatic rings. The average Bonchev–Trinajstić information content (AvgIpc) is 2.56. The number of benzene rings is 2. The van der Waals surface area contributed by atoms with Crippen molar-refractivity contribution in [2.24, 2.45) is 5.73 Å². The number of methoxy groups -OCH3 is 1. The third-order valence-corrected chi connectivity index (χ3v) is 3.59. The van der Waals surface area contributed by atoms with E-state index in [1.54, 1.807) is 12.1 Å². The highest BCUT2D eigenvalue weighted by molar-refractivity contribution is 5.76. The Labute approximate surface area is 135 Å². The first kappa shape index (κ1) is 17.0. The topological polar surface area (TPSA) is 64.3 Å². The Hall–Kier alpha value is -2.40. The zero-order valence-electron chi connectivity index (χ0n) is 13.1. The smallest absolute Gasteiger partial charge is 0.221 e. The number of carbonyl (C=O) groups excluding carboxylic acids is 1. The number of halogens is 1. The van der Waals surface area contributed by atoms with Crippen LogP contribution in [-0.2, 0) is 11.2 Å². The van der Waals surface area contributed by atoms with E-state index in [9.17, 15) is 9.18 Å². The molecular weight excluding hydrogens is 295 g/mol. The number of amides is 1. The average molecular weight is 316 g/mol. The molecule has 2 aromatic rings. The maximum atomic E-state index is 13.6. The van der Waals surface area contributed by atoms with E-state index in [-0.39, 0.29) is 24.1 Å². The van der Waals surface area contributed by atoms with Gasteiger partial charge in [0.15, 0.2) is 11.6 Å². The predicted molar refractivity (Wildman–Crippen MR) is 87.7 cm³/mol. The standard InChI is InChI=1S/C18H21FN2O2/c1-23-17-8-7-13(11-15(17)19)9-10-21-18(22)12-16(20)14-5-3-2-4-6-14/h2-8,11,16H,9-10,12,20H2,1H3,(H,21,22). The van der Waals surface area contributed by atoms with E-state index in [1.165, 1.54) is 13.2 Å². The Balaban J connectivity index is 1.77. The van der Waals surface area contributed by atoms with Crippen molar-refractivity contribution in [1.82, 2.24) is 5.32 Å². The Kier molecular flexibility index (Phi) is 6.11. The number of hydrogen-bond acceptors (Lipinski definition) is 3. The summed E-state index contributed by atoms with van der Waals surface area (Å²) < 4.78 is 18.4. The summed E-state index contributed by atoms with van der Waals surface area (Å²) >= 11 is 0. The Bertz CT molecular complexity index is 647. The van der Waals surface area contributed by atoms with Gasteiger partial charge in [-0.25, -0.2) is 4.39 Å². The van der Waals surface area contributed by atoms with Crippen molar-refractivity contribution in [2.75, 3.05) is 13.7 Å². The fourth-order valence-electron chi connectivity index (χ4n) is 2.30. The van der Waals surface area contributed by atoms with Crippen molar-refractivity contribution in [1.29, 1.82) is 0 Å². The highest BCUT2D eigenvalue weighted by Crippen LogP contribution is 2.18. The molecular formula is C18H21FN2O2. The molecule has 0 aromatic heterocycles. The molecule has 4 nitrogen and oxygen atoms in total. The fraction of sp³-hybridized carbons (Fsp3) is 0.278. The summed E-state index contributed by atoms with van der Waals surface area (Å²) in [7, 11) is 1.42. The maximum absolute atomic E-state index is 13.6. The van der Waals surface area contributed by atoms with Crippen LogP contribution in [0.25, 0.3) is 0 Å². The molecule has 0 aliphatic heterocycles.